The van der Waals surface area contributed by atoms with Crippen molar-refractivity contribution < 1.29 is 19.1 Å². The number of rotatable bonds is 5. The highest BCUT2D eigenvalue weighted by molar-refractivity contribution is 6.08. The lowest BCUT2D eigenvalue weighted by molar-refractivity contribution is -0.116. The molecular formula is C23H22N2O4. The number of nitrogens with one attached hydrogen (secondary N) is 1. The Bertz CT molecular complexity index is 1060. The molecule has 1 heterocycles. The SMILES string of the molecule is CCN(CC(=O)Nc1ccc2c(c1)OCCO2)C(=O)c1cccc2ccccc12. The highest BCUT2D eigenvalue weighted by atomic mass is 16.6. The van der Waals surface area contributed by atoms with Gasteiger partial charge in [0, 0.05) is 23.9 Å². The van der Waals surface area contributed by atoms with Crippen LogP contribution in [0.1, 0.15) is 17.3 Å². The van der Waals surface area contributed by atoms with Crippen LogP contribution < -0.4 is 14.8 Å². The van der Waals surface area contributed by atoms with Crippen molar-refractivity contribution in [2.45, 2.75) is 6.92 Å². The van der Waals surface area contributed by atoms with Crippen molar-refractivity contribution in [3.05, 3.63) is 66.2 Å². The Labute approximate surface area is 169 Å². The maximum Gasteiger partial charge on any atom is 0.254 e. The zero-order valence-electron chi connectivity index (χ0n) is 16.2. The van der Waals surface area contributed by atoms with Gasteiger partial charge in [-0.25, -0.2) is 0 Å². The number of likely N-dealkylation sites (N-methyl/N-ethyl adjacent to an activating group) is 1. The topological polar surface area (TPSA) is 67.9 Å². The van der Waals surface area contributed by atoms with Crippen LogP contribution >= 0.6 is 0 Å². The van der Waals surface area contributed by atoms with E-state index in [1.807, 2.05) is 43.3 Å². The molecule has 0 unspecified atom stereocenters. The number of carbonyl (C=O) groups excluding carboxylic acids is 2. The molecule has 0 saturated carbocycles. The van der Waals surface area contributed by atoms with Crippen molar-refractivity contribution in [1.82, 2.24) is 4.90 Å². The van der Waals surface area contributed by atoms with E-state index < -0.39 is 0 Å². The summed E-state index contributed by atoms with van der Waals surface area (Å²) in [7, 11) is 0. The van der Waals surface area contributed by atoms with E-state index in [0.29, 0.717) is 42.5 Å². The Kier molecular flexibility index (Phi) is 5.33. The average molecular weight is 390 g/mol. The van der Waals surface area contributed by atoms with Gasteiger partial charge in [-0.3, -0.25) is 9.59 Å². The second-order valence-corrected chi connectivity index (χ2v) is 6.75. The molecule has 0 spiro atoms. The van der Waals surface area contributed by atoms with Crippen LogP contribution in [0, 0.1) is 0 Å². The number of hydrogen-bond acceptors (Lipinski definition) is 4. The molecule has 0 aromatic heterocycles. The van der Waals surface area contributed by atoms with Crippen LogP contribution in [0.5, 0.6) is 11.5 Å². The average Bonchev–Trinajstić information content (AvgIpc) is 2.76. The summed E-state index contributed by atoms with van der Waals surface area (Å²) in [6.45, 7) is 3.25. The number of anilines is 1. The minimum absolute atomic E-state index is 0.0347. The van der Waals surface area contributed by atoms with Gasteiger partial charge >= 0.3 is 0 Å². The molecule has 0 saturated heterocycles. The Morgan fingerprint density at radius 3 is 2.55 bits per heavy atom. The zero-order chi connectivity index (χ0) is 20.2. The lowest BCUT2D eigenvalue weighted by Gasteiger charge is -2.22. The van der Waals surface area contributed by atoms with Gasteiger partial charge in [0.25, 0.3) is 5.91 Å². The molecule has 1 aliphatic rings. The van der Waals surface area contributed by atoms with E-state index in [1.165, 1.54) is 4.90 Å². The molecule has 3 aromatic carbocycles. The van der Waals surface area contributed by atoms with Crippen LogP contribution in [0.15, 0.2) is 60.7 Å². The number of nitrogens with zero attached hydrogens (tertiary/aromatic N) is 1. The van der Waals surface area contributed by atoms with Gasteiger partial charge < -0.3 is 19.7 Å². The summed E-state index contributed by atoms with van der Waals surface area (Å²) in [5, 5.41) is 4.71. The highest BCUT2D eigenvalue weighted by Gasteiger charge is 2.20. The Morgan fingerprint density at radius 1 is 0.966 bits per heavy atom. The van der Waals surface area contributed by atoms with Crippen molar-refractivity contribution in [2.75, 3.05) is 31.6 Å². The number of hydrogen-bond donors (Lipinski definition) is 1. The fourth-order valence-corrected chi connectivity index (χ4v) is 3.40. The Balaban J connectivity index is 1.48. The van der Waals surface area contributed by atoms with Crippen molar-refractivity contribution in [3.63, 3.8) is 0 Å². The standard InChI is InChI=1S/C23H22N2O4/c1-2-25(23(27)19-9-5-7-16-6-3-4-8-18(16)19)15-22(26)24-17-10-11-20-21(14-17)29-13-12-28-20/h3-11,14H,2,12-13,15H2,1H3,(H,24,26). The minimum Gasteiger partial charge on any atom is -0.486 e. The third-order valence-electron chi connectivity index (χ3n) is 4.85. The summed E-state index contributed by atoms with van der Waals surface area (Å²) in [5.41, 5.74) is 1.20. The van der Waals surface area contributed by atoms with Gasteiger partial charge in [-0.1, -0.05) is 36.4 Å². The first-order chi connectivity index (χ1) is 14.2. The predicted octanol–water partition coefficient (Wildman–Crippen LogP) is 3.71. The highest BCUT2D eigenvalue weighted by Crippen LogP contribution is 2.32. The second-order valence-electron chi connectivity index (χ2n) is 6.75. The van der Waals surface area contributed by atoms with Crippen LogP contribution in [-0.2, 0) is 4.79 Å². The van der Waals surface area contributed by atoms with E-state index in [-0.39, 0.29) is 18.4 Å². The normalized spacial score (nSPS) is 12.4. The molecule has 6 heteroatoms. The van der Waals surface area contributed by atoms with E-state index >= 15 is 0 Å². The van der Waals surface area contributed by atoms with E-state index in [9.17, 15) is 9.59 Å². The van der Waals surface area contributed by atoms with Gasteiger partial charge in [-0.2, -0.15) is 0 Å². The summed E-state index contributed by atoms with van der Waals surface area (Å²) in [4.78, 5) is 27.2. The Hall–Kier alpha value is -3.54. The predicted molar refractivity (Wildman–Crippen MR) is 112 cm³/mol. The number of carbonyl (C=O) groups is 2. The van der Waals surface area contributed by atoms with Gasteiger partial charge in [0.2, 0.25) is 5.91 Å². The second kappa shape index (κ2) is 8.22. The molecular weight excluding hydrogens is 368 g/mol. The van der Waals surface area contributed by atoms with Gasteiger partial charge in [0.05, 0.1) is 0 Å². The van der Waals surface area contributed by atoms with Gasteiger partial charge in [0.1, 0.15) is 19.8 Å². The summed E-state index contributed by atoms with van der Waals surface area (Å²) in [5.74, 6) is 0.836. The first-order valence-corrected chi connectivity index (χ1v) is 9.62. The summed E-state index contributed by atoms with van der Waals surface area (Å²) >= 11 is 0. The third-order valence-corrected chi connectivity index (χ3v) is 4.85. The minimum atomic E-state index is -0.267. The number of amides is 2. The van der Waals surface area contributed by atoms with Crippen molar-refractivity contribution in [2.24, 2.45) is 0 Å². The maximum absolute atomic E-state index is 13.1. The molecule has 0 radical (unpaired) electrons. The quantitative estimate of drug-likeness (QED) is 0.721. The molecule has 148 valence electrons. The van der Waals surface area contributed by atoms with Crippen molar-refractivity contribution in [1.29, 1.82) is 0 Å². The molecule has 29 heavy (non-hydrogen) atoms. The largest absolute Gasteiger partial charge is 0.486 e. The zero-order valence-corrected chi connectivity index (χ0v) is 16.2. The number of benzene rings is 3. The summed E-state index contributed by atoms with van der Waals surface area (Å²) in [6.07, 6.45) is 0. The van der Waals surface area contributed by atoms with Crippen LogP contribution in [0.2, 0.25) is 0 Å². The fourth-order valence-electron chi connectivity index (χ4n) is 3.40. The number of fused-ring (bicyclic) bond motifs is 2. The molecule has 0 atom stereocenters. The molecule has 2 amide bonds. The van der Waals surface area contributed by atoms with Crippen LogP contribution in [-0.4, -0.2) is 43.0 Å². The van der Waals surface area contributed by atoms with Crippen molar-refractivity contribution >= 4 is 28.3 Å². The van der Waals surface area contributed by atoms with Gasteiger partial charge in [-0.05, 0) is 35.9 Å². The first kappa shape index (κ1) is 18.8. The lowest BCUT2D eigenvalue weighted by Crippen LogP contribution is -2.38. The summed E-state index contributed by atoms with van der Waals surface area (Å²) in [6, 6.07) is 18.6. The van der Waals surface area contributed by atoms with E-state index in [2.05, 4.69) is 5.32 Å². The number of ether oxygens (including phenoxy) is 2. The van der Waals surface area contributed by atoms with Crippen LogP contribution in [0.25, 0.3) is 10.8 Å². The van der Waals surface area contributed by atoms with Crippen LogP contribution in [0.4, 0.5) is 5.69 Å². The Morgan fingerprint density at radius 2 is 1.72 bits per heavy atom. The molecule has 0 aliphatic carbocycles. The molecule has 1 aliphatic heterocycles. The first-order valence-electron chi connectivity index (χ1n) is 9.62. The molecule has 4 rings (SSSR count). The fraction of sp³-hybridized carbons (Fsp3) is 0.217. The summed E-state index contributed by atoms with van der Waals surface area (Å²) < 4.78 is 11.0. The maximum atomic E-state index is 13.1. The van der Waals surface area contributed by atoms with E-state index in [4.69, 9.17) is 9.47 Å². The van der Waals surface area contributed by atoms with E-state index in [1.54, 1.807) is 24.3 Å². The monoisotopic (exact) mass is 390 g/mol. The van der Waals surface area contributed by atoms with Gasteiger partial charge in [-0.15, -0.1) is 0 Å². The van der Waals surface area contributed by atoms with Crippen LogP contribution in [0.3, 0.4) is 0 Å². The molecule has 6 nitrogen and oxygen atoms in total. The van der Waals surface area contributed by atoms with E-state index in [0.717, 1.165) is 10.8 Å². The smallest absolute Gasteiger partial charge is 0.254 e. The lowest BCUT2D eigenvalue weighted by atomic mass is 10.0. The molecule has 3 aromatic rings. The van der Waals surface area contributed by atoms with Crippen molar-refractivity contribution in [3.8, 4) is 11.5 Å². The molecule has 1 N–H and O–H groups in total. The third kappa shape index (κ3) is 4.01. The molecule has 0 fully saturated rings. The van der Waals surface area contributed by atoms with Gasteiger partial charge in [0.15, 0.2) is 11.5 Å². The molecule has 0 bridgehead atoms.